The Morgan fingerprint density at radius 3 is 2.62 bits per heavy atom. The Hall–Kier alpha value is -2.96. The first kappa shape index (κ1) is 18.1. The van der Waals surface area contributed by atoms with E-state index in [0.29, 0.717) is 29.6 Å². The number of likely N-dealkylation sites (N-methyl/N-ethyl adjacent to an activating group) is 1. The van der Waals surface area contributed by atoms with Gasteiger partial charge in [-0.3, -0.25) is 9.59 Å². The number of carbonyl (C=O) groups excluding carboxylic acids is 1. The summed E-state index contributed by atoms with van der Waals surface area (Å²) in [7, 11) is 3.94. The van der Waals surface area contributed by atoms with Crippen molar-refractivity contribution in [3.8, 4) is 0 Å². The van der Waals surface area contributed by atoms with E-state index >= 15 is 0 Å². The number of fused-ring (bicyclic) bond motifs is 4. The van der Waals surface area contributed by atoms with Crippen LogP contribution in [0.25, 0.3) is 21.7 Å². The molecule has 4 aromatic rings. The normalized spacial score (nSPS) is 16.3. The zero-order chi connectivity index (χ0) is 20.1. The molecule has 0 N–H and O–H groups in total. The Bertz CT molecular complexity index is 1290. The fraction of sp³-hybridized carbons (Fsp3) is 0.217. The van der Waals surface area contributed by atoms with Crippen LogP contribution < -0.4 is 5.43 Å². The van der Waals surface area contributed by atoms with E-state index in [1.54, 1.807) is 16.2 Å². The number of thiophene rings is 1. The fourth-order valence-electron chi connectivity index (χ4n) is 4.03. The highest BCUT2D eigenvalue weighted by Gasteiger charge is 2.43. The van der Waals surface area contributed by atoms with E-state index in [2.05, 4.69) is 0 Å². The van der Waals surface area contributed by atoms with Gasteiger partial charge in [0.25, 0.3) is 5.91 Å². The molecule has 1 unspecified atom stereocenters. The second-order valence-electron chi connectivity index (χ2n) is 7.56. The molecule has 1 atom stereocenters. The van der Waals surface area contributed by atoms with Gasteiger partial charge in [0.1, 0.15) is 5.58 Å². The lowest BCUT2D eigenvalue weighted by atomic mass is 10.0. The lowest BCUT2D eigenvalue weighted by Crippen LogP contribution is -2.35. The second kappa shape index (κ2) is 6.83. The van der Waals surface area contributed by atoms with Gasteiger partial charge < -0.3 is 14.2 Å². The molecule has 0 spiro atoms. The average Bonchev–Trinajstić information content (AvgIpc) is 3.33. The van der Waals surface area contributed by atoms with Crippen molar-refractivity contribution in [3.05, 3.63) is 80.3 Å². The van der Waals surface area contributed by atoms with E-state index in [-0.39, 0.29) is 17.1 Å². The van der Waals surface area contributed by atoms with Gasteiger partial charge in [0.2, 0.25) is 5.76 Å². The minimum atomic E-state index is -0.399. The molecule has 2 aromatic heterocycles. The summed E-state index contributed by atoms with van der Waals surface area (Å²) < 4.78 is 6.18. The largest absolute Gasteiger partial charge is 0.450 e. The highest BCUT2D eigenvalue weighted by Crippen LogP contribution is 2.40. The third-order valence-electron chi connectivity index (χ3n) is 5.46. The number of nitrogens with zero attached hydrogens (tertiary/aromatic N) is 2. The molecular weight excluding hydrogens is 384 g/mol. The Morgan fingerprint density at radius 2 is 1.86 bits per heavy atom. The summed E-state index contributed by atoms with van der Waals surface area (Å²) in [6, 6.07) is 15.0. The van der Waals surface area contributed by atoms with Crippen molar-refractivity contribution in [2.24, 2.45) is 0 Å². The number of hydrogen-bond acceptors (Lipinski definition) is 5. The molecule has 0 fully saturated rings. The molecule has 29 heavy (non-hydrogen) atoms. The summed E-state index contributed by atoms with van der Waals surface area (Å²) in [5.74, 6) is -0.0387. The Morgan fingerprint density at radius 1 is 1.03 bits per heavy atom. The van der Waals surface area contributed by atoms with Crippen LogP contribution in [0.4, 0.5) is 0 Å². The third kappa shape index (κ3) is 2.79. The van der Waals surface area contributed by atoms with Crippen LogP contribution in [0.2, 0.25) is 0 Å². The molecule has 2 aromatic carbocycles. The molecule has 0 bridgehead atoms. The van der Waals surface area contributed by atoms with Crippen LogP contribution in [-0.4, -0.2) is 42.9 Å². The molecule has 1 aliphatic heterocycles. The lowest BCUT2D eigenvalue weighted by molar-refractivity contribution is 0.0718. The molecular formula is C23H20N2O3S. The highest BCUT2D eigenvalue weighted by molar-refractivity contribution is 7.10. The van der Waals surface area contributed by atoms with E-state index in [0.717, 1.165) is 15.6 Å². The minimum Gasteiger partial charge on any atom is -0.450 e. The van der Waals surface area contributed by atoms with Gasteiger partial charge >= 0.3 is 0 Å². The van der Waals surface area contributed by atoms with Crippen molar-refractivity contribution in [2.75, 3.05) is 27.2 Å². The molecule has 0 aliphatic carbocycles. The molecule has 6 heteroatoms. The van der Waals surface area contributed by atoms with Crippen LogP contribution in [0.3, 0.4) is 0 Å². The van der Waals surface area contributed by atoms with Crippen LogP contribution in [0, 0.1) is 0 Å². The summed E-state index contributed by atoms with van der Waals surface area (Å²) >= 11 is 1.55. The van der Waals surface area contributed by atoms with Crippen molar-refractivity contribution in [3.63, 3.8) is 0 Å². The van der Waals surface area contributed by atoms with Crippen LogP contribution in [0.5, 0.6) is 0 Å². The summed E-state index contributed by atoms with van der Waals surface area (Å²) in [5, 5.41) is 4.31. The Balaban J connectivity index is 1.78. The van der Waals surface area contributed by atoms with E-state index in [4.69, 9.17) is 4.42 Å². The molecule has 3 heterocycles. The molecule has 5 nitrogen and oxygen atoms in total. The van der Waals surface area contributed by atoms with Gasteiger partial charge in [-0.25, -0.2) is 0 Å². The van der Waals surface area contributed by atoms with Crippen LogP contribution in [0.15, 0.2) is 63.1 Å². The number of carbonyl (C=O) groups is 1. The maximum Gasteiger partial charge on any atom is 0.290 e. The van der Waals surface area contributed by atoms with Gasteiger partial charge in [-0.05, 0) is 37.0 Å². The summed E-state index contributed by atoms with van der Waals surface area (Å²) in [5.41, 5.74) is 0.824. The van der Waals surface area contributed by atoms with Crippen molar-refractivity contribution >= 4 is 39.0 Å². The first-order valence-electron chi connectivity index (χ1n) is 9.54. The standard InChI is InChI=1S/C23H20N2O3S/c1-24(2)11-12-25-19(17-8-5-13-29-17)18-20(26)16-10-9-14-6-3-4-7-15(14)21(16)28-22(18)23(25)27/h3-10,13,19H,11-12H2,1-2H3. The topological polar surface area (TPSA) is 53.8 Å². The predicted molar refractivity (Wildman–Crippen MR) is 116 cm³/mol. The number of amides is 1. The zero-order valence-corrected chi connectivity index (χ0v) is 17.0. The molecule has 0 saturated carbocycles. The zero-order valence-electron chi connectivity index (χ0n) is 16.2. The summed E-state index contributed by atoms with van der Waals surface area (Å²) in [4.78, 5) is 31.7. The van der Waals surface area contributed by atoms with Gasteiger partial charge in [0.15, 0.2) is 5.43 Å². The number of hydrogen-bond donors (Lipinski definition) is 0. The summed E-state index contributed by atoms with van der Waals surface area (Å²) in [6.45, 7) is 1.23. The second-order valence-corrected chi connectivity index (χ2v) is 8.54. The fourth-order valence-corrected chi connectivity index (χ4v) is 4.87. The molecule has 146 valence electrons. The van der Waals surface area contributed by atoms with Gasteiger partial charge in [-0.1, -0.05) is 36.4 Å². The Labute approximate surface area is 171 Å². The average molecular weight is 404 g/mol. The lowest BCUT2D eigenvalue weighted by Gasteiger charge is -2.25. The minimum absolute atomic E-state index is 0.119. The third-order valence-corrected chi connectivity index (χ3v) is 6.38. The van der Waals surface area contributed by atoms with Crippen LogP contribution in [0.1, 0.15) is 27.0 Å². The van der Waals surface area contributed by atoms with Gasteiger partial charge in [-0.15, -0.1) is 11.3 Å². The van der Waals surface area contributed by atoms with Crippen molar-refractivity contribution in [1.82, 2.24) is 9.80 Å². The smallest absolute Gasteiger partial charge is 0.290 e. The van der Waals surface area contributed by atoms with Gasteiger partial charge in [0, 0.05) is 23.4 Å². The number of benzene rings is 2. The molecule has 1 aliphatic rings. The van der Waals surface area contributed by atoms with E-state index in [1.807, 2.05) is 72.9 Å². The molecule has 0 saturated heterocycles. The highest BCUT2D eigenvalue weighted by atomic mass is 32.1. The maximum absolute atomic E-state index is 13.6. The van der Waals surface area contributed by atoms with Gasteiger partial charge in [0.05, 0.1) is 17.0 Å². The summed E-state index contributed by atoms with van der Waals surface area (Å²) in [6.07, 6.45) is 0. The SMILES string of the molecule is CN(C)CCN1C(=O)c2oc3c(ccc4ccccc43)c(=O)c2C1c1cccs1. The van der Waals surface area contributed by atoms with E-state index < -0.39 is 6.04 Å². The van der Waals surface area contributed by atoms with E-state index in [9.17, 15) is 9.59 Å². The van der Waals surface area contributed by atoms with E-state index in [1.165, 1.54) is 0 Å². The molecule has 5 rings (SSSR count). The van der Waals surface area contributed by atoms with Crippen LogP contribution in [-0.2, 0) is 0 Å². The van der Waals surface area contributed by atoms with Crippen molar-refractivity contribution in [1.29, 1.82) is 0 Å². The van der Waals surface area contributed by atoms with Gasteiger partial charge in [-0.2, -0.15) is 0 Å². The first-order valence-corrected chi connectivity index (χ1v) is 10.4. The monoisotopic (exact) mass is 404 g/mol. The quantitative estimate of drug-likeness (QED) is 0.480. The van der Waals surface area contributed by atoms with Crippen molar-refractivity contribution in [2.45, 2.75) is 6.04 Å². The molecule has 0 radical (unpaired) electrons. The van der Waals surface area contributed by atoms with Crippen LogP contribution >= 0.6 is 11.3 Å². The van der Waals surface area contributed by atoms with Crippen molar-refractivity contribution < 1.29 is 9.21 Å². The first-order chi connectivity index (χ1) is 14.1. The maximum atomic E-state index is 13.6. The number of rotatable bonds is 4. The Kier molecular flexibility index (Phi) is 4.26. The predicted octanol–water partition coefficient (Wildman–Crippen LogP) is 4.11. The molecule has 1 amide bonds.